The predicted molar refractivity (Wildman–Crippen MR) is 106 cm³/mol. The molecule has 4 heteroatoms. The summed E-state index contributed by atoms with van der Waals surface area (Å²) in [6.45, 7) is 2.98. The van der Waals surface area contributed by atoms with Gasteiger partial charge >= 0.3 is 0 Å². The third-order valence-corrected chi connectivity index (χ3v) is 5.61. The van der Waals surface area contributed by atoms with Gasteiger partial charge in [0.1, 0.15) is 0 Å². The van der Waals surface area contributed by atoms with Gasteiger partial charge in [0.05, 0.1) is 5.75 Å². The van der Waals surface area contributed by atoms with E-state index in [1.165, 1.54) is 30.5 Å². The predicted octanol–water partition coefficient (Wildman–Crippen LogP) is 4.43. The highest BCUT2D eigenvalue weighted by Gasteiger charge is 2.12. The van der Waals surface area contributed by atoms with Gasteiger partial charge in [0.15, 0.2) is 0 Å². The van der Waals surface area contributed by atoms with E-state index in [2.05, 4.69) is 29.2 Å². The van der Waals surface area contributed by atoms with Gasteiger partial charge in [-0.25, -0.2) is 0 Å². The Morgan fingerprint density at radius 1 is 1.00 bits per heavy atom. The molecule has 1 saturated heterocycles. The van der Waals surface area contributed by atoms with Crippen molar-refractivity contribution in [2.45, 2.75) is 30.7 Å². The van der Waals surface area contributed by atoms with Crippen LogP contribution in [0, 0.1) is 0 Å². The van der Waals surface area contributed by atoms with Gasteiger partial charge < -0.3 is 9.80 Å². The maximum Gasteiger partial charge on any atom is 0.232 e. The summed E-state index contributed by atoms with van der Waals surface area (Å²) in [7, 11) is 1.88. The molecular weight excluding hydrogens is 328 g/mol. The number of carbonyl (C=O) groups is 1. The molecule has 1 fully saturated rings. The first-order valence-electron chi connectivity index (χ1n) is 8.98. The van der Waals surface area contributed by atoms with E-state index in [4.69, 9.17) is 0 Å². The average Bonchev–Trinajstić information content (AvgIpc) is 2.68. The summed E-state index contributed by atoms with van der Waals surface area (Å²) in [6, 6.07) is 18.8. The quantitative estimate of drug-likeness (QED) is 0.717. The summed E-state index contributed by atoms with van der Waals surface area (Å²) in [4.78, 5) is 17.7. The van der Waals surface area contributed by atoms with Crippen LogP contribution >= 0.6 is 11.8 Å². The summed E-state index contributed by atoms with van der Waals surface area (Å²) in [5, 5.41) is 0. The Labute approximate surface area is 155 Å². The molecule has 0 aromatic heterocycles. The van der Waals surface area contributed by atoms with E-state index in [0.29, 0.717) is 12.3 Å². The van der Waals surface area contributed by atoms with E-state index in [1.807, 2.05) is 42.3 Å². The minimum atomic E-state index is 0.161. The molecule has 2 aromatic carbocycles. The third kappa shape index (κ3) is 5.27. The molecule has 1 aliphatic rings. The van der Waals surface area contributed by atoms with Gasteiger partial charge in [-0.2, -0.15) is 0 Å². The summed E-state index contributed by atoms with van der Waals surface area (Å²) < 4.78 is 0. The van der Waals surface area contributed by atoms with Gasteiger partial charge in [-0.05, 0) is 49.1 Å². The molecule has 1 aliphatic heterocycles. The van der Waals surface area contributed by atoms with Crippen molar-refractivity contribution < 1.29 is 4.79 Å². The van der Waals surface area contributed by atoms with E-state index in [-0.39, 0.29) is 5.91 Å². The fourth-order valence-corrected chi connectivity index (χ4v) is 3.96. The van der Waals surface area contributed by atoms with E-state index >= 15 is 0 Å². The second kappa shape index (κ2) is 8.95. The van der Waals surface area contributed by atoms with Crippen LogP contribution in [0.2, 0.25) is 0 Å². The fourth-order valence-electron chi connectivity index (χ4n) is 3.10. The molecule has 3 rings (SSSR count). The molecular formula is C21H26N2OS. The van der Waals surface area contributed by atoms with Crippen molar-refractivity contribution in [1.82, 2.24) is 4.90 Å². The number of anilines is 1. The minimum Gasteiger partial charge on any atom is -0.372 e. The van der Waals surface area contributed by atoms with Crippen LogP contribution in [0.5, 0.6) is 0 Å². The normalized spacial score (nSPS) is 14.4. The van der Waals surface area contributed by atoms with Crippen molar-refractivity contribution in [1.29, 1.82) is 0 Å². The molecule has 1 heterocycles. The molecule has 132 valence electrons. The highest BCUT2D eigenvalue weighted by molar-refractivity contribution is 8.00. The van der Waals surface area contributed by atoms with Gasteiger partial charge in [-0.15, -0.1) is 11.8 Å². The Bertz CT molecular complexity index is 666. The molecule has 25 heavy (non-hydrogen) atoms. The highest BCUT2D eigenvalue weighted by Crippen LogP contribution is 2.21. The molecule has 3 nitrogen and oxygen atoms in total. The number of thioether (sulfide) groups is 1. The van der Waals surface area contributed by atoms with Crippen molar-refractivity contribution in [3.63, 3.8) is 0 Å². The Morgan fingerprint density at radius 3 is 2.36 bits per heavy atom. The Morgan fingerprint density at radius 2 is 1.68 bits per heavy atom. The van der Waals surface area contributed by atoms with Crippen molar-refractivity contribution in [2.75, 3.05) is 30.8 Å². The lowest BCUT2D eigenvalue weighted by Gasteiger charge is -2.29. The van der Waals surface area contributed by atoms with Gasteiger partial charge in [-0.1, -0.05) is 30.3 Å². The number of carbonyl (C=O) groups excluding carboxylic acids is 1. The zero-order valence-electron chi connectivity index (χ0n) is 14.9. The Hall–Kier alpha value is -1.94. The van der Waals surface area contributed by atoms with Gasteiger partial charge in [0.2, 0.25) is 5.91 Å². The number of piperidine rings is 1. The van der Waals surface area contributed by atoms with Crippen LogP contribution < -0.4 is 4.90 Å². The molecule has 0 radical (unpaired) electrons. The first-order valence-corrected chi connectivity index (χ1v) is 9.96. The minimum absolute atomic E-state index is 0.161. The van der Waals surface area contributed by atoms with Crippen LogP contribution in [0.25, 0.3) is 0 Å². The molecule has 1 amide bonds. The van der Waals surface area contributed by atoms with E-state index < -0.39 is 0 Å². The second-order valence-corrected chi connectivity index (χ2v) is 7.61. The third-order valence-electron chi connectivity index (χ3n) is 4.61. The van der Waals surface area contributed by atoms with Gasteiger partial charge in [-0.3, -0.25) is 4.79 Å². The van der Waals surface area contributed by atoms with Crippen LogP contribution in [0.15, 0.2) is 59.5 Å². The lowest BCUT2D eigenvalue weighted by Crippen LogP contribution is -2.29. The molecule has 0 bridgehead atoms. The number of benzene rings is 2. The smallest absolute Gasteiger partial charge is 0.232 e. The van der Waals surface area contributed by atoms with Crippen molar-refractivity contribution >= 4 is 23.4 Å². The van der Waals surface area contributed by atoms with E-state index in [9.17, 15) is 4.79 Å². The number of rotatable bonds is 6. The lowest BCUT2D eigenvalue weighted by atomic mass is 10.1. The SMILES string of the molecule is CN(Cc1ccc(N2CCCCC2)cc1)C(=O)CSc1ccccc1. The topological polar surface area (TPSA) is 23.6 Å². The van der Waals surface area contributed by atoms with E-state index in [1.54, 1.807) is 11.8 Å². The second-order valence-electron chi connectivity index (χ2n) is 6.57. The van der Waals surface area contributed by atoms with Crippen LogP contribution in [0.4, 0.5) is 5.69 Å². The maximum atomic E-state index is 12.3. The monoisotopic (exact) mass is 354 g/mol. The van der Waals surface area contributed by atoms with Crippen molar-refractivity contribution in [2.24, 2.45) is 0 Å². The van der Waals surface area contributed by atoms with Crippen LogP contribution in [-0.2, 0) is 11.3 Å². The number of hydrogen-bond acceptors (Lipinski definition) is 3. The van der Waals surface area contributed by atoms with Crippen LogP contribution in [0.1, 0.15) is 24.8 Å². The average molecular weight is 355 g/mol. The molecule has 0 aliphatic carbocycles. The molecule has 0 atom stereocenters. The zero-order valence-corrected chi connectivity index (χ0v) is 15.7. The molecule has 0 spiro atoms. The van der Waals surface area contributed by atoms with Gasteiger partial charge in [0.25, 0.3) is 0 Å². The van der Waals surface area contributed by atoms with Crippen molar-refractivity contribution in [3.05, 3.63) is 60.2 Å². The van der Waals surface area contributed by atoms with E-state index in [0.717, 1.165) is 18.0 Å². The number of hydrogen-bond donors (Lipinski definition) is 0. The fraction of sp³-hybridized carbons (Fsp3) is 0.381. The van der Waals surface area contributed by atoms with Crippen LogP contribution in [0.3, 0.4) is 0 Å². The van der Waals surface area contributed by atoms with Gasteiger partial charge in [0, 0.05) is 37.3 Å². The maximum absolute atomic E-state index is 12.3. The van der Waals surface area contributed by atoms with Crippen molar-refractivity contribution in [3.8, 4) is 0 Å². The summed E-state index contributed by atoms with van der Waals surface area (Å²) >= 11 is 1.59. The molecule has 0 N–H and O–H groups in total. The van der Waals surface area contributed by atoms with Crippen LogP contribution in [-0.4, -0.2) is 36.7 Å². The standard InChI is InChI=1S/C21H26N2OS/c1-22(21(24)17-25-20-8-4-2-5-9-20)16-18-10-12-19(13-11-18)23-14-6-3-7-15-23/h2,4-5,8-13H,3,6-7,14-17H2,1H3. The Balaban J connectivity index is 1.49. The summed E-state index contributed by atoms with van der Waals surface area (Å²) in [5.74, 6) is 0.640. The first-order chi connectivity index (χ1) is 12.2. The molecule has 0 unspecified atom stereocenters. The largest absolute Gasteiger partial charge is 0.372 e. The Kier molecular flexibility index (Phi) is 6.40. The first kappa shape index (κ1) is 17.9. The molecule has 0 saturated carbocycles. The zero-order chi connectivity index (χ0) is 17.5. The lowest BCUT2D eigenvalue weighted by molar-refractivity contribution is -0.127. The summed E-state index contributed by atoms with van der Waals surface area (Å²) in [5.41, 5.74) is 2.48. The molecule has 2 aromatic rings. The number of amides is 1. The number of nitrogens with zero attached hydrogens (tertiary/aromatic N) is 2. The highest BCUT2D eigenvalue weighted by atomic mass is 32.2. The summed E-state index contributed by atoms with van der Waals surface area (Å²) in [6.07, 6.45) is 3.93.